The van der Waals surface area contributed by atoms with E-state index in [9.17, 15) is 0 Å². The van der Waals surface area contributed by atoms with E-state index in [1.165, 1.54) is 37.8 Å². The molecule has 0 spiro atoms. The second kappa shape index (κ2) is 4.42. The van der Waals surface area contributed by atoms with Gasteiger partial charge >= 0.3 is 0 Å². The largest absolute Gasteiger partial charge is 0.370 e. The zero-order valence-electron chi connectivity index (χ0n) is 10.2. The molecule has 0 radical (unpaired) electrons. The smallest absolute Gasteiger partial charge is 0.0844 e. The molecule has 0 bridgehead atoms. The molecule has 1 saturated heterocycles. The Morgan fingerprint density at radius 2 is 2.13 bits per heavy atom. The number of hydrogen-bond donors (Lipinski definition) is 0. The van der Waals surface area contributed by atoms with Crippen molar-refractivity contribution in [2.24, 2.45) is 5.92 Å². The molecule has 2 rings (SSSR count). The molecule has 0 N–H and O–H groups in total. The van der Waals surface area contributed by atoms with Crippen LogP contribution in [0.2, 0.25) is 25.2 Å². The van der Waals surface area contributed by atoms with E-state index in [0.717, 1.165) is 5.92 Å². The molecule has 0 aromatic carbocycles. The summed E-state index contributed by atoms with van der Waals surface area (Å²) in [5, 5.41) is 0. The Hall–Kier alpha value is -0.0831. The SMILES string of the molecule is C=CC[Si](C)(C)CCC1CCC2OC2C1. The van der Waals surface area contributed by atoms with Crippen molar-refractivity contribution in [2.45, 2.75) is 63.1 Å². The predicted octanol–water partition coefficient (Wildman–Crippen LogP) is 3.84. The van der Waals surface area contributed by atoms with Crippen molar-refractivity contribution in [1.82, 2.24) is 0 Å². The van der Waals surface area contributed by atoms with Gasteiger partial charge in [0.2, 0.25) is 0 Å². The van der Waals surface area contributed by atoms with Crippen LogP contribution in [0.3, 0.4) is 0 Å². The van der Waals surface area contributed by atoms with Gasteiger partial charge in [-0.25, -0.2) is 0 Å². The zero-order valence-corrected chi connectivity index (χ0v) is 11.2. The van der Waals surface area contributed by atoms with Crippen molar-refractivity contribution in [1.29, 1.82) is 0 Å². The van der Waals surface area contributed by atoms with Gasteiger partial charge < -0.3 is 4.74 Å². The third-order valence-electron chi connectivity index (χ3n) is 4.04. The number of rotatable bonds is 5. The van der Waals surface area contributed by atoms with Crippen molar-refractivity contribution in [2.75, 3.05) is 0 Å². The summed E-state index contributed by atoms with van der Waals surface area (Å²) in [5.41, 5.74) is 0. The maximum atomic E-state index is 5.58. The fourth-order valence-electron chi connectivity index (χ4n) is 2.84. The lowest BCUT2D eigenvalue weighted by Gasteiger charge is -2.25. The molecule has 2 heteroatoms. The zero-order chi connectivity index (χ0) is 10.9. The predicted molar refractivity (Wildman–Crippen MR) is 67.9 cm³/mol. The Bertz CT molecular complexity index is 237. The summed E-state index contributed by atoms with van der Waals surface area (Å²) in [5.74, 6) is 0.963. The van der Waals surface area contributed by atoms with Gasteiger partial charge in [-0.15, -0.1) is 6.58 Å². The lowest BCUT2D eigenvalue weighted by Crippen LogP contribution is -2.25. The summed E-state index contributed by atoms with van der Waals surface area (Å²) >= 11 is 0. The van der Waals surface area contributed by atoms with Crippen LogP contribution >= 0.6 is 0 Å². The number of allylic oxidation sites excluding steroid dienone is 1. The monoisotopic (exact) mass is 224 g/mol. The minimum atomic E-state index is -0.955. The number of hydrogen-bond acceptors (Lipinski definition) is 1. The molecule has 0 aromatic heterocycles. The van der Waals surface area contributed by atoms with Crippen LogP contribution in [0.4, 0.5) is 0 Å². The number of fused-ring (bicyclic) bond motifs is 1. The molecule has 15 heavy (non-hydrogen) atoms. The van der Waals surface area contributed by atoms with E-state index in [-0.39, 0.29) is 0 Å². The molecule has 2 fully saturated rings. The summed E-state index contributed by atoms with van der Waals surface area (Å²) in [4.78, 5) is 0. The van der Waals surface area contributed by atoms with Gasteiger partial charge in [0.05, 0.1) is 20.3 Å². The minimum absolute atomic E-state index is 0.660. The van der Waals surface area contributed by atoms with Crippen LogP contribution in [0.25, 0.3) is 0 Å². The normalized spacial score (nSPS) is 34.7. The molecule has 0 amide bonds. The summed E-state index contributed by atoms with van der Waals surface area (Å²) in [6.45, 7) is 8.86. The van der Waals surface area contributed by atoms with Crippen LogP contribution in [0.5, 0.6) is 0 Å². The Labute approximate surface area is 94.9 Å². The second-order valence-electron chi connectivity index (χ2n) is 6.09. The first kappa shape index (κ1) is 11.4. The lowest BCUT2D eigenvalue weighted by molar-refractivity contribution is 0.357. The molecule has 3 unspecified atom stereocenters. The van der Waals surface area contributed by atoms with Crippen LogP contribution in [0.15, 0.2) is 12.7 Å². The molecule has 1 heterocycles. The van der Waals surface area contributed by atoms with E-state index in [1.807, 2.05) is 0 Å². The van der Waals surface area contributed by atoms with Crippen molar-refractivity contribution in [3.63, 3.8) is 0 Å². The van der Waals surface area contributed by atoms with E-state index in [0.29, 0.717) is 12.2 Å². The molecule has 3 atom stereocenters. The Morgan fingerprint density at radius 1 is 1.33 bits per heavy atom. The van der Waals surface area contributed by atoms with Gasteiger partial charge in [-0.05, 0) is 31.2 Å². The summed E-state index contributed by atoms with van der Waals surface area (Å²) in [7, 11) is -0.955. The maximum absolute atomic E-state index is 5.58. The average Bonchev–Trinajstić information content (AvgIpc) is 2.92. The third kappa shape index (κ3) is 3.18. The van der Waals surface area contributed by atoms with Crippen molar-refractivity contribution in [3.05, 3.63) is 12.7 Å². The first-order chi connectivity index (χ1) is 7.11. The first-order valence-corrected chi connectivity index (χ1v) is 9.78. The van der Waals surface area contributed by atoms with Gasteiger partial charge in [0, 0.05) is 0 Å². The van der Waals surface area contributed by atoms with Crippen LogP contribution in [0, 0.1) is 5.92 Å². The van der Waals surface area contributed by atoms with E-state index in [4.69, 9.17) is 4.74 Å². The number of ether oxygens (including phenoxy) is 1. The lowest BCUT2D eigenvalue weighted by atomic mass is 9.87. The highest BCUT2D eigenvalue weighted by atomic mass is 28.3. The third-order valence-corrected chi connectivity index (χ3v) is 7.08. The van der Waals surface area contributed by atoms with Gasteiger partial charge in [-0.3, -0.25) is 0 Å². The van der Waals surface area contributed by atoms with Crippen molar-refractivity contribution >= 4 is 8.07 Å². The maximum Gasteiger partial charge on any atom is 0.0844 e. The highest BCUT2D eigenvalue weighted by Gasteiger charge is 2.43. The summed E-state index contributed by atoms with van der Waals surface area (Å²) < 4.78 is 5.58. The molecular weight excluding hydrogens is 200 g/mol. The summed E-state index contributed by atoms with van der Waals surface area (Å²) in [6, 6.07) is 2.75. The van der Waals surface area contributed by atoms with E-state index in [2.05, 4.69) is 25.7 Å². The molecule has 1 saturated carbocycles. The van der Waals surface area contributed by atoms with E-state index >= 15 is 0 Å². The van der Waals surface area contributed by atoms with E-state index in [1.54, 1.807) is 0 Å². The van der Waals surface area contributed by atoms with E-state index < -0.39 is 8.07 Å². The van der Waals surface area contributed by atoms with Crippen molar-refractivity contribution in [3.8, 4) is 0 Å². The fraction of sp³-hybridized carbons (Fsp3) is 0.846. The molecule has 2 aliphatic rings. The minimum Gasteiger partial charge on any atom is -0.370 e. The van der Waals surface area contributed by atoms with Crippen molar-refractivity contribution < 1.29 is 4.74 Å². The fourth-order valence-corrected chi connectivity index (χ4v) is 5.01. The van der Waals surface area contributed by atoms with Gasteiger partial charge in [0.25, 0.3) is 0 Å². The Balaban J connectivity index is 1.70. The Morgan fingerprint density at radius 3 is 2.80 bits per heavy atom. The second-order valence-corrected chi connectivity index (χ2v) is 11.3. The molecule has 1 aliphatic heterocycles. The average molecular weight is 224 g/mol. The standard InChI is InChI=1S/C13H24OSi/c1-4-8-15(2,3)9-7-11-5-6-12-13(10-11)14-12/h4,11-13H,1,5-10H2,2-3H3. The molecule has 86 valence electrons. The van der Waals surface area contributed by atoms with Crippen LogP contribution in [-0.2, 0) is 4.74 Å². The molecular formula is C13H24OSi. The Kier molecular flexibility index (Phi) is 3.36. The van der Waals surface area contributed by atoms with Gasteiger partial charge in [0.1, 0.15) is 0 Å². The molecule has 1 nitrogen and oxygen atoms in total. The van der Waals surface area contributed by atoms with Crippen LogP contribution in [0.1, 0.15) is 25.7 Å². The number of epoxide rings is 1. The van der Waals surface area contributed by atoms with Gasteiger partial charge in [-0.1, -0.05) is 31.6 Å². The summed E-state index contributed by atoms with van der Waals surface area (Å²) in [6.07, 6.45) is 8.99. The highest BCUT2D eigenvalue weighted by molar-refractivity contribution is 6.77. The molecule has 0 aromatic rings. The van der Waals surface area contributed by atoms with Crippen LogP contribution < -0.4 is 0 Å². The van der Waals surface area contributed by atoms with Crippen LogP contribution in [-0.4, -0.2) is 20.3 Å². The highest BCUT2D eigenvalue weighted by Crippen LogP contribution is 2.41. The van der Waals surface area contributed by atoms with Gasteiger partial charge in [0.15, 0.2) is 0 Å². The van der Waals surface area contributed by atoms with Gasteiger partial charge in [-0.2, -0.15) is 0 Å². The molecule has 1 aliphatic carbocycles. The first-order valence-electron chi connectivity index (χ1n) is 6.37. The quantitative estimate of drug-likeness (QED) is 0.393. The topological polar surface area (TPSA) is 12.5 Å².